The molecule has 4 heteroatoms. The second-order valence-corrected chi connectivity index (χ2v) is 6.99. The molecule has 2 rings (SSSR count). The van der Waals surface area contributed by atoms with Gasteiger partial charge in [0.1, 0.15) is 0 Å². The van der Waals surface area contributed by atoms with Gasteiger partial charge in [0.05, 0.1) is 19.5 Å². The van der Waals surface area contributed by atoms with Crippen LogP contribution in [0.15, 0.2) is 35.6 Å². The standard InChI is InChI=1S/C19H28O4/c1-6-16-15(17(20)21-5)8-7-11-19(16,4)12-9-14-10-13-22-18(2,3)23-14/h6,10H,1,7-9,11-13H2,2-5H3. The van der Waals surface area contributed by atoms with Crippen LogP contribution in [0.3, 0.4) is 0 Å². The number of carbonyl (C=O) groups excluding carboxylic acids is 1. The van der Waals surface area contributed by atoms with E-state index in [2.05, 4.69) is 13.5 Å². The van der Waals surface area contributed by atoms with Crippen LogP contribution in [0.25, 0.3) is 0 Å². The van der Waals surface area contributed by atoms with Crippen LogP contribution in [-0.4, -0.2) is 25.5 Å². The van der Waals surface area contributed by atoms with Gasteiger partial charge in [-0.05, 0) is 42.7 Å². The fourth-order valence-electron chi connectivity index (χ4n) is 3.53. The highest BCUT2D eigenvalue weighted by Crippen LogP contribution is 2.45. The zero-order valence-electron chi connectivity index (χ0n) is 14.7. The summed E-state index contributed by atoms with van der Waals surface area (Å²) in [6.07, 6.45) is 8.37. The van der Waals surface area contributed by atoms with E-state index in [0.29, 0.717) is 6.61 Å². The third-order valence-electron chi connectivity index (χ3n) is 4.81. The highest BCUT2D eigenvalue weighted by molar-refractivity contribution is 5.90. The topological polar surface area (TPSA) is 44.8 Å². The lowest BCUT2D eigenvalue weighted by atomic mass is 9.68. The molecule has 0 fully saturated rings. The normalized spacial score (nSPS) is 27.0. The summed E-state index contributed by atoms with van der Waals surface area (Å²) in [5, 5.41) is 0. The van der Waals surface area contributed by atoms with Crippen LogP contribution in [-0.2, 0) is 19.0 Å². The molecule has 1 unspecified atom stereocenters. The second kappa shape index (κ2) is 6.91. The predicted octanol–water partition coefficient (Wildman–Crippen LogP) is 4.28. The average Bonchev–Trinajstić information content (AvgIpc) is 2.51. The molecule has 0 spiro atoms. The van der Waals surface area contributed by atoms with Gasteiger partial charge < -0.3 is 14.2 Å². The molecule has 0 saturated heterocycles. The van der Waals surface area contributed by atoms with Gasteiger partial charge in [0, 0.05) is 25.8 Å². The molecule has 0 N–H and O–H groups in total. The molecule has 4 nitrogen and oxygen atoms in total. The molecule has 1 aliphatic heterocycles. The van der Waals surface area contributed by atoms with Crippen LogP contribution >= 0.6 is 0 Å². The molecule has 0 radical (unpaired) electrons. The lowest BCUT2D eigenvalue weighted by molar-refractivity contribution is -0.198. The number of carbonyl (C=O) groups is 1. The molecule has 1 atom stereocenters. The van der Waals surface area contributed by atoms with Gasteiger partial charge in [-0.15, -0.1) is 0 Å². The third-order valence-corrected chi connectivity index (χ3v) is 4.81. The summed E-state index contributed by atoms with van der Waals surface area (Å²) in [5.41, 5.74) is 1.73. The molecule has 128 valence electrons. The summed E-state index contributed by atoms with van der Waals surface area (Å²) in [4.78, 5) is 12.0. The summed E-state index contributed by atoms with van der Waals surface area (Å²) < 4.78 is 16.4. The number of hydrogen-bond acceptors (Lipinski definition) is 4. The van der Waals surface area contributed by atoms with Crippen LogP contribution in [0.1, 0.15) is 52.9 Å². The number of esters is 1. The zero-order valence-corrected chi connectivity index (χ0v) is 14.7. The molecular weight excluding hydrogens is 292 g/mol. The first-order valence-electron chi connectivity index (χ1n) is 8.28. The molecule has 23 heavy (non-hydrogen) atoms. The smallest absolute Gasteiger partial charge is 0.334 e. The van der Waals surface area contributed by atoms with Crippen molar-refractivity contribution in [1.29, 1.82) is 0 Å². The molecule has 2 aliphatic rings. The van der Waals surface area contributed by atoms with Crippen molar-refractivity contribution < 1.29 is 19.0 Å². The van der Waals surface area contributed by atoms with E-state index < -0.39 is 5.79 Å². The van der Waals surface area contributed by atoms with Crippen molar-refractivity contribution in [2.45, 2.75) is 58.7 Å². The minimum atomic E-state index is -0.564. The average molecular weight is 320 g/mol. The van der Waals surface area contributed by atoms with Crippen LogP contribution in [0.4, 0.5) is 0 Å². The second-order valence-electron chi connectivity index (χ2n) is 6.99. The maximum atomic E-state index is 12.0. The maximum Gasteiger partial charge on any atom is 0.334 e. The molecule has 0 saturated carbocycles. The molecular formula is C19H28O4. The Bertz CT molecular complexity index is 542. The molecule has 0 bridgehead atoms. The molecule has 0 amide bonds. The Morgan fingerprint density at radius 1 is 1.43 bits per heavy atom. The highest BCUT2D eigenvalue weighted by Gasteiger charge is 2.36. The SMILES string of the molecule is C=CC1=C(C(=O)OC)CCCC1(C)CCC1=CCOC(C)(C)O1. The van der Waals surface area contributed by atoms with E-state index in [4.69, 9.17) is 14.2 Å². The quantitative estimate of drug-likeness (QED) is 0.709. The van der Waals surface area contributed by atoms with Gasteiger partial charge in [0.15, 0.2) is 0 Å². The van der Waals surface area contributed by atoms with Crippen molar-refractivity contribution in [1.82, 2.24) is 0 Å². The van der Waals surface area contributed by atoms with Gasteiger partial charge in [-0.25, -0.2) is 4.79 Å². The van der Waals surface area contributed by atoms with E-state index in [1.54, 1.807) is 0 Å². The van der Waals surface area contributed by atoms with Gasteiger partial charge in [-0.2, -0.15) is 0 Å². The summed E-state index contributed by atoms with van der Waals surface area (Å²) in [6.45, 7) is 10.6. The number of allylic oxidation sites excluding steroid dienone is 3. The summed E-state index contributed by atoms with van der Waals surface area (Å²) in [7, 11) is 1.44. The Morgan fingerprint density at radius 3 is 2.78 bits per heavy atom. The number of methoxy groups -OCH3 is 1. The van der Waals surface area contributed by atoms with E-state index in [9.17, 15) is 4.79 Å². The minimum absolute atomic E-state index is 0.0732. The highest BCUT2D eigenvalue weighted by atomic mass is 16.7. The lowest BCUT2D eigenvalue weighted by Crippen LogP contribution is -2.32. The van der Waals surface area contributed by atoms with E-state index in [0.717, 1.165) is 49.0 Å². The van der Waals surface area contributed by atoms with E-state index in [1.165, 1.54) is 7.11 Å². The summed E-state index contributed by atoms with van der Waals surface area (Å²) in [5.74, 6) is 0.177. The largest absolute Gasteiger partial charge is 0.468 e. The van der Waals surface area contributed by atoms with E-state index in [1.807, 2.05) is 26.0 Å². The van der Waals surface area contributed by atoms with Crippen molar-refractivity contribution in [2.75, 3.05) is 13.7 Å². The number of ether oxygens (including phenoxy) is 3. The van der Waals surface area contributed by atoms with Crippen LogP contribution in [0.5, 0.6) is 0 Å². The van der Waals surface area contributed by atoms with E-state index in [-0.39, 0.29) is 11.4 Å². The number of hydrogen-bond donors (Lipinski definition) is 0. The monoisotopic (exact) mass is 320 g/mol. The Kier molecular flexibility index (Phi) is 5.35. The van der Waals surface area contributed by atoms with Gasteiger partial charge in [-0.3, -0.25) is 0 Å². The van der Waals surface area contributed by atoms with Crippen molar-refractivity contribution in [3.8, 4) is 0 Å². The van der Waals surface area contributed by atoms with E-state index >= 15 is 0 Å². The molecule has 0 aromatic heterocycles. The summed E-state index contributed by atoms with van der Waals surface area (Å²) >= 11 is 0. The van der Waals surface area contributed by atoms with Crippen LogP contribution in [0, 0.1) is 5.41 Å². The third kappa shape index (κ3) is 4.05. The van der Waals surface area contributed by atoms with Gasteiger partial charge in [0.2, 0.25) is 5.79 Å². The maximum absolute atomic E-state index is 12.0. The summed E-state index contributed by atoms with van der Waals surface area (Å²) in [6, 6.07) is 0. The molecule has 1 aliphatic carbocycles. The van der Waals surface area contributed by atoms with Gasteiger partial charge >= 0.3 is 5.97 Å². The molecule has 0 aromatic rings. The number of rotatable bonds is 5. The van der Waals surface area contributed by atoms with Crippen LogP contribution in [0.2, 0.25) is 0 Å². The van der Waals surface area contributed by atoms with Crippen molar-refractivity contribution in [2.24, 2.45) is 5.41 Å². The first-order chi connectivity index (χ1) is 10.8. The van der Waals surface area contributed by atoms with Crippen molar-refractivity contribution in [3.63, 3.8) is 0 Å². The first kappa shape index (κ1) is 17.8. The first-order valence-corrected chi connectivity index (χ1v) is 8.28. The Hall–Kier alpha value is -1.55. The van der Waals surface area contributed by atoms with Crippen LogP contribution < -0.4 is 0 Å². The van der Waals surface area contributed by atoms with Gasteiger partial charge in [0.25, 0.3) is 0 Å². The minimum Gasteiger partial charge on any atom is -0.468 e. The lowest BCUT2D eigenvalue weighted by Gasteiger charge is -2.38. The van der Waals surface area contributed by atoms with Gasteiger partial charge in [-0.1, -0.05) is 19.6 Å². The van der Waals surface area contributed by atoms with Crippen molar-refractivity contribution >= 4 is 5.97 Å². The zero-order chi connectivity index (χ0) is 17.1. The Balaban J connectivity index is 2.15. The fraction of sp³-hybridized carbons (Fsp3) is 0.632. The fourth-order valence-corrected chi connectivity index (χ4v) is 3.53. The Morgan fingerprint density at radius 2 is 2.17 bits per heavy atom. The molecule has 0 aromatic carbocycles. The Labute approximate surface area is 139 Å². The predicted molar refractivity (Wildman–Crippen MR) is 89.6 cm³/mol. The van der Waals surface area contributed by atoms with Crippen molar-refractivity contribution in [3.05, 3.63) is 35.6 Å². The molecule has 1 heterocycles.